The zero-order chi connectivity index (χ0) is 15.7. The van der Waals surface area contributed by atoms with Gasteiger partial charge < -0.3 is 4.42 Å². The van der Waals surface area contributed by atoms with Crippen LogP contribution in [0.4, 0.5) is 0 Å². The van der Waals surface area contributed by atoms with E-state index in [0.717, 1.165) is 33.1 Å². The molecule has 3 aromatic carbocycles. The van der Waals surface area contributed by atoms with E-state index in [2.05, 4.69) is 57.9 Å². The molecule has 0 saturated carbocycles. The molecular formula is C21H12N2O. The van der Waals surface area contributed by atoms with Gasteiger partial charge in [0.25, 0.3) is 0 Å². The molecule has 0 spiro atoms. The van der Waals surface area contributed by atoms with Crippen molar-refractivity contribution in [3.05, 3.63) is 73.1 Å². The van der Waals surface area contributed by atoms with Gasteiger partial charge in [-0.1, -0.05) is 36.4 Å². The summed E-state index contributed by atoms with van der Waals surface area (Å²) < 4.78 is 8.23. The normalized spacial score (nSPS) is 12.2. The van der Waals surface area contributed by atoms with Crippen molar-refractivity contribution in [3.8, 4) is 0 Å². The molecule has 0 amide bonds. The first-order valence-corrected chi connectivity index (χ1v) is 7.99. The van der Waals surface area contributed by atoms with Crippen LogP contribution in [0, 0.1) is 0 Å². The maximum Gasteiger partial charge on any atom is 0.145 e. The summed E-state index contributed by atoms with van der Waals surface area (Å²) >= 11 is 0. The third-order valence-electron chi connectivity index (χ3n) is 4.86. The molecule has 112 valence electrons. The Morgan fingerprint density at radius 3 is 2.50 bits per heavy atom. The highest BCUT2D eigenvalue weighted by molar-refractivity contribution is 6.28. The summed E-state index contributed by atoms with van der Waals surface area (Å²) in [6.07, 6.45) is 3.88. The molecule has 0 fully saturated rings. The van der Waals surface area contributed by atoms with Gasteiger partial charge in [0.2, 0.25) is 0 Å². The number of furan rings is 1. The van der Waals surface area contributed by atoms with Crippen LogP contribution in [0.3, 0.4) is 0 Å². The van der Waals surface area contributed by atoms with Crippen molar-refractivity contribution in [2.45, 2.75) is 0 Å². The van der Waals surface area contributed by atoms with Crippen molar-refractivity contribution in [2.75, 3.05) is 0 Å². The van der Waals surface area contributed by atoms with Gasteiger partial charge in [0.15, 0.2) is 0 Å². The minimum absolute atomic E-state index is 0.921. The van der Waals surface area contributed by atoms with E-state index < -0.39 is 0 Å². The predicted octanol–water partition coefficient (Wildman–Crippen LogP) is 5.54. The van der Waals surface area contributed by atoms with Gasteiger partial charge in [-0.15, -0.1) is 0 Å². The molecule has 0 aliphatic carbocycles. The highest BCUT2D eigenvalue weighted by atomic mass is 16.3. The van der Waals surface area contributed by atoms with E-state index in [1.165, 1.54) is 16.2 Å². The molecule has 3 nitrogen and oxygen atoms in total. The maximum atomic E-state index is 6.08. The van der Waals surface area contributed by atoms with Crippen LogP contribution in [0.15, 0.2) is 77.5 Å². The topological polar surface area (TPSA) is 30.4 Å². The summed E-state index contributed by atoms with van der Waals surface area (Å²) in [5.74, 6) is 0. The standard InChI is InChI=1S/C21H12N2O/c1-3-7-16-13(5-1)19-15(21-22-11-12-23(16)21)9-10-18-20(19)14-6-2-4-8-17(14)24-18/h1-12H. The first kappa shape index (κ1) is 12.1. The smallest absolute Gasteiger partial charge is 0.145 e. The Kier molecular flexibility index (Phi) is 2.10. The van der Waals surface area contributed by atoms with Crippen molar-refractivity contribution >= 4 is 49.3 Å². The largest absolute Gasteiger partial charge is 0.456 e. The number of hydrogen-bond acceptors (Lipinski definition) is 2. The minimum atomic E-state index is 0.921. The van der Waals surface area contributed by atoms with E-state index in [-0.39, 0.29) is 0 Å². The van der Waals surface area contributed by atoms with Crippen molar-refractivity contribution in [2.24, 2.45) is 0 Å². The number of fused-ring (bicyclic) bond motifs is 10. The Morgan fingerprint density at radius 1 is 0.708 bits per heavy atom. The molecule has 0 bridgehead atoms. The lowest BCUT2D eigenvalue weighted by atomic mass is 10.0. The van der Waals surface area contributed by atoms with Gasteiger partial charge in [0.1, 0.15) is 16.8 Å². The van der Waals surface area contributed by atoms with Gasteiger partial charge in [-0.3, -0.25) is 4.40 Å². The Bertz CT molecular complexity index is 1410. The second kappa shape index (κ2) is 4.15. The summed E-state index contributed by atoms with van der Waals surface area (Å²) in [4.78, 5) is 4.60. The number of benzene rings is 3. The SMILES string of the molecule is c1ccc2c(c1)oc1ccc3c(c4ccccc4n4ccnc34)c12. The molecule has 0 atom stereocenters. The molecule has 0 radical (unpaired) electrons. The second-order valence-electron chi connectivity index (χ2n) is 6.10. The fourth-order valence-corrected chi connectivity index (χ4v) is 3.87. The minimum Gasteiger partial charge on any atom is -0.456 e. The third kappa shape index (κ3) is 1.35. The molecule has 24 heavy (non-hydrogen) atoms. The van der Waals surface area contributed by atoms with E-state index in [1.54, 1.807) is 0 Å². The van der Waals surface area contributed by atoms with Crippen molar-refractivity contribution < 1.29 is 4.42 Å². The molecule has 0 aliphatic heterocycles. The fraction of sp³-hybridized carbons (Fsp3) is 0. The number of aromatic nitrogens is 2. The van der Waals surface area contributed by atoms with Crippen LogP contribution in [-0.2, 0) is 0 Å². The van der Waals surface area contributed by atoms with Crippen molar-refractivity contribution in [1.29, 1.82) is 0 Å². The van der Waals surface area contributed by atoms with Gasteiger partial charge in [-0.25, -0.2) is 4.98 Å². The third-order valence-corrected chi connectivity index (χ3v) is 4.86. The van der Waals surface area contributed by atoms with E-state index in [9.17, 15) is 0 Å². The second-order valence-corrected chi connectivity index (χ2v) is 6.10. The molecule has 3 heteroatoms. The highest BCUT2D eigenvalue weighted by Gasteiger charge is 2.15. The average Bonchev–Trinajstić information content (AvgIpc) is 3.26. The Hall–Kier alpha value is -3.33. The molecule has 0 aliphatic rings. The monoisotopic (exact) mass is 308 g/mol. The molecule has 0 saturated heterocycles. The first-order valence-electron chi connectivity index (χ1n) is 7.99. The van der Waals surface area contributed by atoms with Crippen LogP contribution in [0.2, 0.25) is 0 Å². The van der Waals surface area contributed by atoms with Crippen LogP contribution < -0.4 is 0 Å². The summed E-state index contributed by atoms with van der Waals surface area (Å²) in [5, 5.41) is 5.91. The Labute approximate surface area is 136 Å². The number of hydrogen-bond donors (Lipinski definition) is 0. The van der Waals surface area contributed by atoms with Crippen LogP contribution in [0.25, 0.3) is 49.3 Å². The molecule has 3 aromatic heterocycles. The molecule has 0 unspecified atom stereocenters. The molecule has 6 aromatic rings. The van der Waals surface area contributed by atoms with Gasteiger partial charge in [-0.05, 0) is 24.3 Å². The molecule has 3 heterocycles. The summed E-state index contributed by atoms with van der Waals surface area (Å²) in [6, 6.07) is 20.9. The number of para-hydroxylation sites is 2. The lowest BCUT2D eigenvalue weighted by Crippen LogP contribution is -1.90. The lowest BCUT2D eigenvalue weighted by molar-refractivity contribution is 0.669. The molecule has 0 N–H and O–H groups in total. The van der Waals surface area contributed by atoms with E-state index in [0.29, 0.717) is 0 Å². The fourth-order valence-electron chi connectivity index (χ4n) is 3.87. The zero-order valence-corrected chi connectivity index (χ0v) is 12.7. The van der Waals surface area contributed by atoms with Gasteiger partial charge in [0.05, 0.1) is 5.52 Å². The Balaban J connectivity index is 2.07. The Morgan fingerprint density at radius 2 is 1.54 bits per heavy atom. The first-order chi connectivity index (χ1) is 11.9. The summed E-state index contributed by atoms with van der Waals surface area (Å²) in [7, 11) is 0. The number of imidazole rings is 1. The lowest BCUT2D eigenvalue weighted by Gasteiger charge is -2.09. The maximum absolute atomic E-state index is 6.08. The summed E-state index contributed by atoms with van der Waals surface area (Å²) in [6.45, 7) is 0. The van der Waals surface area contributed by atoms with Crippen LogP contribution in [-0.4, -0.2) is 9.38 Å². The predicted molar refractivity (Wildman–Crippen MR) is 97.5 cm³/mol. The molecular weight excluding hydrogens is 296 g/mol. The summed E-state index contributed by atoms with van der Waals surface area (Å²) in [5.41, 5.74) is 3.99. The highest BCUT2D eigenvalue weighted by Crippen LogP contribution is 2.39. The quantitative estimate of drug-likeness (QED) is 0.345. The van der Waals surface area contributed by atoms with Gasteiger partial charge in [0, 0.05) is 39.3 Å². The van der Waals surface area contributed by atoms with Gasteiger partial charge in [-0.2, -0.15) is 0 Å². The zero-order valence-electron chi connectivity index (χ0n) is 12.7. The van der Waals surface area contributed by atoms with Crippen LogP contribution in [0.5, 0.6) is 0 Å². The van der Waals surface area contributed by atoms with Crippen molar-refractivity contribution in [1.82, 2.24) is 9.38 Å². The van der Waals surface area contributed by atoms with Crippen molar-refractivity contribution in [3.63, 3.8) is 0 Å². The molecule has 6 rings (SSSR count). The van der Waals surface area contributed by atoms with E-state index in [4.69, 9.17) is 4.42 Å². The van der Waals surface area contributed by atoms with Crippen LogP contribution >= 0.6 is 0 Å². The van der Waals surface area contributed by atoms with Gasteiger partial charge >= 0.3 is 0 Å². The number of rotatable bonds is 0. The van der Waals surface area contributed by atoms with E-state index >= 15 is 0 Å². The average molecular weight is 308 g/mol. The number of pyridine rings is 1. The number of nitrogens with zero attached hydrogens (tertiary/aromatic N) is 2. The van der Waals surface area contributed by atoms with E-state index in [1.807, 2.05) is 24.5 Å². The van der Waals surface area contributed by atoms with Crippen LogP contribution in [0.1, 0.15) is 0 Å².